The van der Waals surface area contributed by atoms with E-state index in [1.165, 1.54) is 19.2 Å². The van der Waals surface area contributed by atoms with E-state index >= 15 is 0 Å². The van der Waals surface area contributed by atoms with E-state index < -0.39 is 28.1 Å². The highest BCUT2D eigenvalue weighted by molar-refractivity contribution is 7.93. The molecule has 0 N–H and O–H groups in total. The van der Waals surface area contributed by atoms with Crippen molar-refractivity contribution in [3.05, 3.63) is 48.5 Å². The number of anilines is 1. The van der Waals surface area contributed by atoms with Gasteiger partial charge in [-0.15, -0.1) is 0 Å². The van der Waals surface area contributed by atoms with Gasteiger partial charge in [0.1, 0.15) is 17.0 Å². The number of hydrogen-bond acceptors (Lipinski definition) is 6. The van der Waals surface area contributed by atoms with E-state index in [-0.39, 0.29) is 28.4 Å². The number of para-hydroxylation sites is 2. The number of hydrogen-bond donors (Lipinski definition) is 0. The zero-order chi connectivity index (χ0) is 21.1. The fourth-order valence-electron chi connectivity index (χ4n) is 2.48. The van der Waals surface area contributed by atoms with Gasteiger partial charge in [0.15, 0.2) is 5.58 Å². The van der Waals surface area contributed by atoms with Crippen molar-refractivity contribution >= 4 is 27.1 Å². The number of ether oxygens (including phenoxy) is 2. The quantitative estimate of drug-likeness (QED) is 0.503. The van der Waals surface area contributed by atoms with E-state index in [1.807, 2.05) is 0 Å². The molecule has 0 atom stereocenters. The second kappa shape index (κ2) is 8.19. The van der Waals surface area contributed by atoms with Crippen molar-refractivity contribution in [2.45, 2.75) is 11.9 Å². The summed E-state index contributed by atoms with van der Waals surface area (Å²) in [6.07, 6.45) is -0.0277. The maximum Gasteiger partial charge on any atom is 0.516 e. The molecule has 1 heterocycles. The van der Waals surface area contributed by atoms with Crippen molar-refractivity contribution in [1.29, 1.82) is 0 Å². The Morgan fingerprint density at radius 2 is 1.72 bits per heavy atom. The molecule has 156 valence electrons. The van der Waals surface area contributed by atoms with Crippen molar-refractivity contribution in [2.75, 3.05) is 24.6 Å². The molecule has 0 aliphatic heterocycles. The first-order valence-electron chi connectivity index (χ1n) is 8.44. The fourth-order valence-corrected chi connectivity index (χ4v) is 3.38. The van der Waals surface area contributed by atoms with Gasteiger partial charge in [-0.3, -0.25) is 0 Å². The molecule has 3 aromatic rings. The molecule has 29 heavy (non-hydrogen) atoms. The van der Waals surface area contributed by atoms with Crippen LogP contribution >= 0.6 is 0 Å². The molecule has 0 saturated carbocycles. The zero-order valence-electron chi connectivity index (χ0n) is 15.2. The number of aromatic nitrogens is 1. The Hall–Kier alpha value is -2.95. The summed E-state index contributed by atoms with van der Waals surface area (Å²) in [4.78, 5) is 3.87. The van der Waals surface area contributed by atoms with Crippen LogP contribution in [0.2, 0.25) is 0 Å². The number of benzene rings is 2. The molecule has 0 unspecified atom stereocenters. The Bertz CT molecular complexity index is 1030. The van der Waals surface area contributed by atoms with E-state index in [4.69, 9.17) is 13.9 Å². The first-order chi connectivity index (χ1) is 13.7. The average molecular weight is 430 g/mol. The molecule has 0 radical (unpaired) electrons. The first kappa shape index (κ1) is 20.8. The summed E-state index contributed by atoms with van der Waals surface area (Å²) in [5.41, 5.74) is -5.07. The Morgan fingerprint density at radius 1 is 1.07 bits per heavy atom. The molecule has 7 nitrogen and oxygen atoms in total. The lowest BCUT2D eigenvalue weighted by Gasteiger charge is -2.21. The molecule has 0 aliphatic carbocycles. The van der Waals surface area contributed by atoms with Gasteiger partial charge in [-0.25, -0.2) is 4.31 Å². The summed E-state index contributed by atoms with van der Waals surface area (Å²) < 4.78 is 79.2. The molecule has 0 amide bonds. The van der Waals surface area contributed by atoms with E-state index in [2.05, 4.69) is 4.98 Å². The topological polar surface area (TPSA) is 81.9 Å². The van der Waals surface area contributed by atoms with Crippen molar-refractivity contribution < 1.29 is 35.5 Å². The number of sulfonamides is 1. The lowest BCUT2D eigenvalue weighted by molar-refractivity contribution is -0.0439. The predicted molar refractivity (Wildman–Crippen MR) is 99.4 cm³/mol. The summed E-state index contributed by atoms with van der Waals surface area (Å²) in [6, 6.07) is 12.1. The summed E-state index contributed by atoms with van der Waals surface area (Å²) >= 11 is 0. The smallest absolute Gasteiger partial charge is 0.497 e. The number of alkyl halides is 3. The molecule has 0 spiro atoms. The summed E-state index contributed by atoms with van der Waals surface area (Å²) in [5.74, 6) is 1.09. The zero-order valence-corrected chi connectivity index (χ0v) is 16.0. The van der Waals surface area contributed by atoms with Crippen LogP contribution in [0.3, 0.4) is 0 Å². The normalized spacial score (nSPS) is 12.1. The Labute approximate surface area is 164 Å². The van der Waals surface area contributed by atoms with Gasteiger partial charge in [-0.2, -0.15) is 26.6 Å². The van der Waals surface area contributed by atoms with Crippen LogP contribution in [0.5, 0.6) is 11.5 Å². The van der Waals surface area contributed by atoms with Gasteiger partial charge < -0.3 is 13.9 Å². The van der Waals surface area contributed by atoms with Crippen LogP contribution in [-0.4, -0.2) is 39.2 Å². The number of halogens is 3. The molecular weight excluding hydrogens is 413 g/mol. The average Bonchev–Trinajstić information content (AvgIpc) is 3.10. The second-order valence-electron chi connectivity index (χ2n) is 5.86. The minimum Gasteiger partial charge on any atom is -0.497 e. The van der Waals surface area contributed by atoms with E-state index in [1.54, 1.807) is 36.4 Å². The maximum absolute atomic E-state index is 13.1. The number of nitrogens with zero attached hydrogens (tertiary/aromatic N) is 2. The number of oxazole rings is 1. The van der Waals surface area contributed by atoms with Gasteiger partial charge in [0, 0.05) is 13.0 Å². The minimum atomic E-state index is -5.69. The molecular formula is C18H17F3N2O5S. The van der Waals surface area contributed by atoms with Gasteiger partial charge in [-0.1, -0.05) is 12.1 Å². The molecule has 3 rings (SSSR count). The van der Waals surface area contributed by atoms with Crippen molar-refractivity contribution in [3.8, 4) is 11.5 Å². The largest absolute Gasteiger partial charge is 0.516 e. The Balaban J connectivity index is 1.75. The summed E-state index contributed by atoms with van der Waals surface area (Å²) in [6.45, 7) is -0.540. The molecule has 11 heteroatoms. The van der Waals surface area contributed by atoms with Crippen LogP contribution in [0.25, 0.3) is 11.1 Å². The Kier molecular flexibility index (Phi) is 5.87. The number of methoxy groups -OCH3 is 1. The van der Waals surface area contributed by atoms with Gasteiger partial charge in [0.2, 0.25) is 0 Å². The first-order valence-corrected chi connectivity index (χ1v) is 9.88. The van der Waals surface area contributed by atoms with E-state index in [9.17, 15) is 21.6 Å². The highest BCUT2D eigenvalue weighted by Gasteiger charge is 2.51. The van der Waals surface area contributed by atoms with Gasteiger partial charge in [0.05, 0.1) is 13.7 Å². The van der Waals surface area contributed by atoms with Gasteiger partial charge >= 0.3 is 21.5 Å². The third-order valence-corrected chi connectivity index (χ3v) is 5.42. The van der Waals surface area contributed by atoms with Crippen LogP contribution in [-0.2, 0) is 10.0 Å². The predicted octanol–water partition coefficient (Wildman–Crippen LogP) is 3.96. The highest BCUT2D eigenvalue weighted by atomic mass is 32.2. The standard InChI is InChI=1S/C18H17F3N2O5S/c1-26-13-7-9-14(10-8-13)27-12-4-11-23(29(24,25)18(19,20)21)17-22-15-5-2-3-6-16(15)28-17/h2-3,5-10H,4,11-12H2,1H3. The Morgan fingerprint density at radius 3 is 2.34 bits per heavy atom. The summed E-state index contributed by atoms with van der Waals surface area (Å²) in [7, 11) is -4.18. The highest BCUT2D eigenvalue weighted by Crippen LogP contribution is 2.32. The van der Waals surface area contributed by atoms with E-state index in [0.29, 0.717) is 11.5 Å². The van der Waals surface area contributed by atoms with Crippen LogP contribution < -0.4 is 13.8 Å². The minimum absolute atomic E-state index is 0.0174. The number of fused-ring (bicyclic) bond motifs is 1. The molecule has 0 bridgehead atoms. The molecule has 2 aromatic carbocycles. The van der Waals surface area contributed by atoms with Crippen LogP contribution in [0, 0.1) is 0 Å². The van der Waals surface area contributed by atoms with Gasteiger partial charge in [-0.05, 0) is 36.4 Å². The molecule has 0 saturated heterocycles. The molecule has 1 aromatic heterocycles. The van der Waals surface area contributed by atoms with Crippen LogP contribution in [0.4, 0.5) is 19.2 Å². The van der Waals surface area contributed by atoms with E-state index in [0.717, 1.165) is 0 Å². The van der Waals surface area contributed by atoms with Crippen molar-refractivity contribution in [2.24, 2.45) is 0 Å². The lowest BCUT2D eigenvalue weighted by Crippen LogP contribution is -2.42. The van der Waals surface area contributed by atoms with Crippen LogP contribution in [0.1, 0.15) is 6.42 Å². The lowest BCUT2D eigenvalue weighted by atomic mass is 10.3. The second-order valence-corrected chi connectivity index (χ2v) is 7.72. The third kappa shape index (κ3) is 4.56. The third-order valence-electron chi connectivity index (χ3n) is 3.91. The fraction of sp³-hybridized carbons (Fsp3) is 0.278. The van der Waals surface area contributed by atoms with Gasteiger partial charge in [0.25, 0.3) is 0 Å². The molecule has 0 fully saturated rings. The van der Waals surface area contributed by atoms with Crippen molar-refractivity contribution in [3.63, 3.8) is 0 Å². The number of rotatable bonds is 8. The summed E-state index contributed by atoms with van der Waals surface area (Å²) in [5, 5.41) is 0. The van der Waals surface area contributed by atoms with Crippen LogP contribution in [0.15, 0.2) is 52.9 Å². The van der Waals surface area contributed by atoms with Crippen molar-refractivity contribution in [1.82, 2.24) is 4.98 Å². The molecule has 0 aliphatic rings. The SMILES string of the molecule is COc1ccc(OCCCN(c2nc3ccccc3o2)S(=O)(=O)C(F)(F)F)cc1. The maximum atomic E-state index is 13.1. The monoisotopic (exact) mass is 430 g/mol.